The van der Waals surface area contributed by atoms with Crippen LogP contribution in [0.2, 0.25) is 0 Å². The van der Waals surface area contributed by atoms with E-state index in [0.29, 0.717) is 6.04 Å². The van der Waals surface area contributed by atoms with Crippen molar-refractivity contribution in [1.29, 1.82) is 0 Å². The van der Waals surface area contributed by atoms with E-state index in [2.05, 4.69) is 45.6 Å². The van der Waals surface area contributed by atoms with Crippen molar-refractivity contribution in [3.05, 3.63) is 66.7 Å². The molecule has 0 radical (unpaired) electrons. The topological polar surface area (TPSA) is 38.9 Å². The van der Waals surface area contributed by atoms with Gasteiger partial charge in [0.25, 0.3) is 0 Å². The summed E-state index contributed by atoms with van der Waals surface area (Å²) in [4.78, 5) is 2.65. The smallest absolute Gasteiger partial charge is 0.0690 e. The minimum Gasteiger partial charge on any atom is -0.296 e. The van der Waals surface area contributed by atoms with E-state index in [9.17, 15) is 0 Å². The van der Waals surface area contributed by atoms with Crippen LogP contribution in [-0.4, -0.2) is 37.0 Å². The van der Waals surface area contributed by atoms with Crippen molar-refractivity contribution < 1.29 is 0 Å². The zero-order chi connectivity index (χ0) is 16.9. The number of rotatable bonds is 6. The summed E-state index contributed by atoms with van der Waals surface area (Å²) in [6.45, 7) is 3.16. The average molecular weight is 335 g/mol. The fourth-order valence-corrected chi connectivity index (χ4v) is 3.81. The van der Waals surface area contributed by atoms with Gasteiger partial charge in [0.1, 0.15) is 0 Å². The second-order valence-corrected chi connectivity index (χ2v) is 6.76. The SMILES string of the molecule is c1ccc(-n2cccn2)c(CN2CCCC[C@@H]2CCn2cccn2)c1. The first-order valence-corrected chi connectivity index (χ1v) is 9.19. The lowest BCUT2D eigenvalue weighted by molar-refractivity contribution is 0.127. The molecule has 25 heavy (non-hydrogen) atoms. The zero-order valence-corrected chi connectivity index (χ0v) is 14.5. The minimum absolute atomic E-state index is 0.628. The van der Waals surface area contributed by atoms with Crippen LogP contribution in [0.25, 0.3) is 5.69 Å². The number of nitrogens with zero attached hydrogens (tertiary/aromatic N) is 5. The molecule has 2 aromatic heterocycles. The molecule has 0 unspecified atom stereocenters. The second-order valence-electron chi connectivity index (χ2n) is 6.76. The average Bonchev–Trinajstić information content (AvgIpc) is 3.35. The highest BCUT2D eigenvalue weighted by Gasteiger charge is 2.23. The molecule has 1 fully saturated rings. The molecule has 1 atom stereocenters. The molecule has 3 heterocycles. The highest BCUT2D eigenvalue weighted by molar-refractivity contribution is 5.40. The molecule has 1 aromatic carbocycles. The minimum atomic E-state index is 0.628. The molecule has 4 rings (SSSR count). The number of aryl methyl sites for hydroxylation is 1. The second kappa shape index (κ2) is 7.66. The number of benzene rings is 1. The lowest BCUT2D eigenvalue weighted by Gasteiger charge is -2.36. The van der Waals surface area contributed by atoms with Crippen molar-refractivity contribution in [3.8, 4) is 5.69 Å². The van der Waals surface area contributed by atoms with Crippen LogP contribution in [-0.2, 0) is 13.1 Å². The van der Waals surface area contributed by atoms with Crippen LogP contribution in [0.4, 0.5) is 0 Å². The maximum Gasteiger partial charge on any atom is 0.0690 e. The summed E-state index contributed by atoms with van der Waals surface area (Å²) in [6, 6.07) is 13.2. The fourth-order valence-electron chi connectivity index (χ4n) is 3.81. The number of para-hydroxylation sites is 1. The maximum atomic E-state index is 4.42. The molecule has 0 aliphatic carbocycles. The van der Waals surface area contributed by atoms with E-state index in [1.807, 2.05) is 40.1 Å². The van der Waals surface area contributed by atoms with Crippen molar-refractivity contribution in [2.45, 2.75) is 44.8 Å². The van der Waals surface area contributed by atoms with E-state index >= 15 is 0 Å². The molecule has 1 aliphatic rings. The third-order valence-electron chi connectivity index (χ3n) is 5.12. The van der Waals surface area contributed by atoms with E-state index < -0.39 is 0 Å². The molecule has 0 spiro atoms. The summed E-state index contributed by atoms with van der Waals surface area (Å²) in [5, 5.41) is 8.76. The molecule has 0 saturated carbocycles. The normalized spacial score (nSPS) is 18.5. The molecule has 130 valence electrons. The van der Waals surface area contributed by atoms with Gasteiger partial charge in [0, 0.05) is 43.9 Å². The van der Waals surface area contributed by atoms with Gasteiger partial charge in [0.05, 0.1) is 5.69 Å². The quantitative estimate of drug-likeness (QED) is 0.692. The van der Waals surface area contributed by atoms with Crippen molar-refractivity contribution in [3.63, 3.8) is 0 Å². The Morgan fingerprint density at radius 3 is 2.68 bits per heavy atom. The largest absolute Gasteiger partial charge is 0.296 e. The molecular formula is C20H25N5. The lowest BCUT2D eigenvalue weighted by atomic mass is 9.98. The Morgan fingerprint density at radius 1 is 0.960 bits per heavy atom. The summed E-state index contributed by atoms with van der Waals surface area (Å²) in [5.74, 6) is 0. The van der Waals surface area contributed by atoms with E-state index in [-0.39, 0.29) is 0 Å². The van der Waals surface area contributed by atoms with Gasteiger partial charge in [-0.25, -0.2) is 4.68 Å². The first-order chi connectivity index (χ1) is 12.4. The van der Waals surface area contributed by atoms with Gasteiger partial charge in [-0.2, -0.15) is 10.2 Å². The Hall–Kier alpha value is -2.40. The van der Waals surface area contributed by atoms with Crippen LogP contribution >= 0.6 is 0 Å². The van der Waals surface area contributed by atoms with E-state index in [1.54, 1.807) is 0 Å². The van der Waals surface area contributed by atoms with Crippen LogP contribution < -0.4 is 0 Å². The third kappa shape index (κ3) is 3.82. The molecule has 0 bridgehead atoms. The number of hydrogen-bond acceptors (Lipinski definition) is 3. The van der Waals surface area contributed by atoms with E-state index in [4.69, 9.17) is 0 Å². The van der Waals surface area contributed by atoms with Crippen molar-refractivity contribution in [2.24, 2.45) is 0 Å². The van der Waals surface area contributed by atoms with Gasteiger partial charge in [0.2, 0.25) is 0 Å². The van der Waals surface area contributed by atoms with Gasteiger partial charge in [-0.3, -0.25) is 9.58 Å². The molecule has 1 saturated heterocycles. The first-order valence-electron chi connectivity index (χ1n) is 9.19. The van der Waals surface area contributed by atoms with Crippen LogP contribution in [0.1, 0.15) is 31.2 Å². The molecule has 0 amide bonds. The van der Waals surface area contributed by atoms with Crippen LogP contribution in [0.15, 0.2) is 61.2 Å². The van der Waals surface area contributed by atoms with Gasteiger partial charge in [0.15, 0.2) is 0 Å². The van der Waals surface area contributed by atoms with Crippen molar-refractivity contribution in [2.75, 3.05) is 6.54 Å². The maximum absolute atomic E-state index is 4.42. The van der Waals surface area contributed by atoms with Crippen molar-refractivity contribution >= 4 is 0 Å². The van der Waals surface area contributed by atoms with Crippen LogP contribution in [0.3, 0.4) is 0 Å². The first kappa shape index (κ1) is 16.1. The Balaban J connectivity index is 1.48. The van der Waals surface area contributed by atoms with Gasteiger partial charge < -0.3 is 0 Å². The Morgan fingerprint density at radius 2 is 1.84 bits per heavy atom. The van der Waals surface area contributed by atoms with Crippen LogP contribution in [0, 0.1) is 0 Å². The van der Waals surface area contributed by atoms with Gasteiger partial charge in [-0.05, 0) is 49.6 Å². The number of piperidine rings is 1. The van der Waals surface area contributed by atoms with Crippen molar-refractivity contribution in [1.82, 2.24) is 24.5 Å². The molecule has 3 aromatic rings. The Kier molecular flexibility index (Phi) is 4.93. The summed E-state index contributed by atoms with van der Waals surface area (Å²) < 4.78 is 4.02. The van der Waals surface area contributed by atoms with Gasteiger partial charge >= 0.3 is 0 Å². The highest BCUT2D eigenvalue weighted by Crippen LogP contribution is 2.24. The number of likely N-dealkylation sites (tertiary alicyclic amines) is 1. The number of aromatic nitrogens is 4. The molecule has 5 nitrogen and oxygen atoms in total. The van der Waals surface area contributed by atoms with E-state index in [0.717, 1.165) is 19.5 Å². The fraction of sp³-hybridized carbons (Fsp3) is 0.400. The van der Waals surface area contributed by atoms with E-state index in [1.165, 1.54) is 37.1 Å². The summed E-state index contributed by atoms with van der Waals surface area (Å²) in [7, 11) is 0. The summed E-state index contributed by atoms with van der Waals surface area (Å²) in [5.41, 5.74) is 2.53. The molecule has 1 aliphatic heterocycles. The third-order valence-corrected chi connectivity index (χ3v) is 5.12. The standard InChI is InChI=1S/C20H25N5/c1-2-9-20(25-15-6-12-22-25)18(7-1)17-23-13-4-3-8-19(23)10-16-24-14-5-11-21-24/h1-2,5-7,9,11-12,14-15,19H,3-4,8,10,13,16-17H2/t19-/m1/s1. The summed E-state index contributed by atoms with van der Waals surface area (Å²) in [6.07, 6.45) is 12.8. The van der Waals surface area contributed by atoms with Gasteiger partial charge in [-0.1, -0.05) is 24.6 Å². The predicted octanol–water partition coefficient (Wildman–Crippen LogP) is 3.51. The monoisotopic (exact) mass is 335 g/mol. The molecular weight excluding hydrogens is 310 g/mol. The van der Waals surface area contributed by atoms with Gasteiger partial charge in [-0.15, -0.1) is 0 Å². The Bertz CT molecular complexity index is 763. The number of hydrogen-bond donors (Lipinski definition) is 0. The Labute approximate surface area is 148 Å². The summed E-state index contributed by atoms with van der Waals surface area (Å²) >= 11 is 0. The molecule has 5 heteroatoms. The van der Waals surface area contributed by atoms with Crippen LogP contribution in [0.5, 0.6) is 0 Å². The lowest BCUT2D eigenvalue weighted by Crippen LogP contribution is -2.39. The molecule has 0 N–H and O–H groups in total. The zero-order valence-electron chi connectivity index (χ0n) is 14.5. The highest BCUT2D eigenvalue weighted by atomic mass is 15.3. The predicted molar refractivity (Wildman–Crippen MR) is 98.5 cm³/mol.